The average Bonchev–Trinajstić information content (AvgIpc) is 2.59. The summed E-state index contributed by atoms with van der Waals surface area (Å²) in [7, 11) is 0. The normalized spacial score (nSPS) is 7.88. The summed E-state index contributed by atoms with van der Waals surface area (Å²) in [6, 6.07) is 0. The van der Waals surface area contributed by atoms with Crippen molar-refractivity contribution >= 4 is 5.97 Å². The van der Waals surface area contributed by atoms with E-state index in [2.05, 4.69) is 81.7 Å². The molecule has 0 fully saturated rings. The number of terminal acetylenes is 1. The van der Waals surface area contributed by atoms with Crippen LogP contribution in [0.1, 0.15) is 0 Å². The molecule has 5 nitrogen and oxygen atoms in total. The molecule has 2 N–H and O–H groups in total. The number of aliphatic hydroxyl groups is 2. The molecular formula is C19H10O5. The lowest BCUT2D eigenvalue weighted by Gasteiger charge is -2.12. The minimum atomic E-state index is -0.909. The summed E-state index contributed by atoms with van der Waals surface area (Å²) >= 11 is 0. The summed E-state index contributed by atoms with van der Waals surface area (Å²) < 4.78 is 9.33. The number of carbonyl (C=O) groups is 1. The standard InChI is InChI=1S/C19H10O5/c1-2-3-4-5-6-7-8-9-10-11-12-13-14-19(22)24-18(15-20)16-23-17-21/h1,18,20-21H,15-17H2/t18-/m1/s1. The zero-order chi connectivity index (χ0) is 17.9. The molecule has 0 bridgehead atoms. The molecule has 0 spiro atoms. The van der Waals surface area contributed by atoms with Crippen molar-refractivity contribution in [2.24, 2.45) is 0 Å². The molecule has 0 aromatic carbocycles. The lowest BCUT2D eigenvalue weighted by molar-refractivity contribution is -0.150. The Labute approximate surface area is 140 Å². The van der Waals surface area contributed by atoms with Gasteiger partial charge in [-0.3, -0.25) is 0 Å². The second-order valence-corrected chi connectivity index (χ2v) is 3.35. The summed E-state index contributed by atoms with van der Waals surface area (Å²) in [5, 5.41) is 17.3. The van der Waals surface area contributed by atoms with Crippen LogP contribution in [-0.2, 0) is 14.3 Å². The number of carbonyl (C=O) groups excluding carboxylic acids is 1. The molecule has 0 heterocycles. The molecule has 0 saturated carbocycles. The van der Waals surface area contributed by atoms with Crippen molar-refractivity contribution in [2.75, 3.05) is 20.0 Å². The van der Waals surface area contributed by atoms with Crippen molar-refractivity contribution in [1.29, 1.82) is 0 Å². The Hall–Kier alpha value is -3.73. The van der Waals surface area contributed by atoms with Gasteiger partial charge >= 0.3 is 5.97 Å². The maximum Gasteiger partial charge on any atom is 0.385 e. The fourth-order valence-electron chi connectivity index (χ4n) is 0.889. The van der Waals surface area contributed by atoms with Gasteiger partial charge in [0.15, 0.2) is 0 Å². The first kappa shape index (κ1) is 20.3. The summed E-state index contributed by atoms with van der Waals surface area (Å²) in [6.45, 7) is -1.15. The molecule has 1 atom stereocenters. The van der Waals surface area contributed by atoms with Crippen molar-refractivity contribution in [3.05, 3.63) is 0 Å². The van der Waals surface area contributed by atoms with Crippen LogP contribution < -0.4 is 0 Å². The summed E-state index contributed by atoms with van der Waals surface area (Å²) in [4.78, 5) is 11.3. The Balaban J connectivity index is 4.37. The maximum absolute atomic E-state index is 11.3. The molecule has 0 unspecified atom stereocenters. The summed E-state index contributed by atoms with van der Waals surface area (Å²) in [6.07, 6.45) is 3.98. The Morgan fingerprint density at radius 2 is 1.38 bits per heavy atom. The Kier molecular flexibility index (Phi) is 13.2. The van der Waals surface area contributed by atoms with Crippen LogP contribution in [0.2, 0.25) is 0 Å². The van der Waals surface area contributed by atoms with Gasteiger partial charge in [-0.1, -0.05) is 0 Å². The minimum absolute atomic E-state index is 0.145. The molecule has 0 amide bonds. The van der Waals surface area contributed by atoms with Crippen LogP contribution in [0.15, 0.2) is 0 Å². The number of hydrogen-bond acceptors (Lipinski definition) is 5. The van der Waals surface area contributed by atoms with E-state index in [-0.39, 0.29) is 6.61 Å². The Bertz CT molecular complexity index is 838. The van der Waals surface area contributed by atoms with Crippen LogP contribution in [-0.4, -0.2) is 42.3 Å². The van der Waals surface area contributed by atoms with E-state index in [0.29, 0.717) is 0 Å². The van der Waals surface area contributed by atoms with Crippen LogP contribution in [0.3, 0.4) is 0 Å². The number of rotatable bonds is 5. The average molecular weight is 318 g/mol. The number of ether oxygens (including phenoxy) is 2. The van der Waals surface area contributed by atoms with Crippen molar-refractivity contribution in [3.8, 4) is 83.4 Å². The molecule has 0 rings (SSSR count). The van der Waals surface area contributed by atoms with E-state index in [1.165, 1.54) is 0 Å². The monoisotopic (exact) mass is 318 g/mol. The lowest BCUT2D eigenvalue weighted by atomic mass is 10.4. The molecule has 0 radical (unpaired) electrons. The largest absolute Gasteiger partial charge is 0.448 e. The zero-order valence-electron chi connectivity index (χ0n) is 12.4. The van der Waals surface area contributed by atoms with Gasteiger partial charge in [-0.25, -0.2) is 4.79 Å². The number of hydrogen-bond donors (Lipinski definition) is 2. The first-order chi connectivity index (χ1) is 11.7. The topological polar surface area (TPSA) is 76.0 Å². The van der Waals surface area contributed by atoms with Gasteiger partial charge in [0.25, 0.3) is 0 Å². The van der Waals surface area contributed by atoms with Crippen molar-refractivity contribution in [1.82, 2.24) is 0 Å². The van der Waals surface area contributed by atoms with E-state index in [0.717, 1.165) is 0 Å². The number of esters is 1. The molecule has 0 aromatic rings. The molecular weight excluding hydrogens is 308 g/mol. The SMILES string of the molecule is C#CC#CC#CC#CC#CC#CC#CC(=O)O[C@H](CO)COCO. The highest BCUT2D eigenvalue weighted by atomic mass is 16.6. The predicted octanol–water partition coefficient (Wildman–Crippen LogP) is -1.49. The van der Waals surface area contributed by atoms with Crippen LogP contribution in [0.25, 0.3) is 0 Å². The quantitative estimate of drug-likeness (QED) is 0.280. The summed E-state index contributed by atoms with van der Waals surface area (Å²) in [5.74, 6) is 29.2. The third-order valence-electron chi connectivity index (χ3n) is 1.73. The van der Waals surface area contributed by atoms with E-state index < -0.39 is 25.5 Å². The van der Waals surface area contributed by atoms with Gasteiger partial charge in [-0.2, -0.15) is 0 Å². The molecule has 0 aliphatic rings. The van der Waals surface area contributed by atoms with Crippen LogP contribution >= 0.6 is 0 Å². The van der Waals surface area contributed by atoms with Gasteiger partial charge in [-0.05, 0) is 71.0 Å². The van der Waals surface area contributed by atoms with Gasteiger partial charge < -0.3 is 19.7 Å². The second-order valence-electron chi connectivity index (χ2n) is 3.35. The minimum Gasteiger partial charge on any atom is -0.448 e. The Morgan fingerprint density at radius 3 is 1.83 bits per heavy atom. The third kappa shape index (κ3) is 13.3. The predicted molar refractivity (Wildman–Crippen MR) is 85.5 cm³/mol. The second kappa shape index (κ2) is 15.7. The third-order valence-corrected chi connectivity index (χ3v) is 1.73. The molecule has 0 saturated heterocycles. The first-order valence-corrected chi connectivity index (χ1v) is 6.21. The van der Waals surface area contributed by atoms with Crippen LogP contribution in [0.5, 0.6) is 0 Å². The molecule has 0 aromatic heterocycles. The van der Waals surface area contributed by atoms with E-state index in [1.54, 1.807) is 0 Å². The van der Waals surface area contributed by atoms with E-state index >= 15 is 0 Å². The smallest absolute Gasteiger partial charge is 0.385 e. The van der Waals surface area contributed by atoms with Crippen molar-refractivity contribution in [2.45, 2.75) is 6.10 Å². The van der Waals surface area contributed by atoms with Crippen molar-refractivity contribution in [3.63, 3.8) is 0 Å². The van der Waals surface area contributed by atoms with Gasteiger partial charge in [0.1, 0.15) is 12.9 Å². The highest BCUT2D eigenvalue weighted by Crippen LogP contribution is 1.92. The molecule has 116 valence electrons. The van der Waals surface area contributed by atoms with Gasteiger partial charge in [-0.15, -0.1) is 6.42 Å². The van der Waals surface area contributed by atoms with Crippen molar-refractivity contribution < 1.29 is 24.5 Å². The molecule has 5 heteroatoms. The Morgan fingerprint density at radius 1 is 0.875 bits per heavy atom. The lowest BCUT2D eigenvalue weighted by Crippen LogP contribution is -2.26. The highest BCUT2D eigenvalue weighted by Gasteiger charge is 2.11. The molecule has 0 aliphatic carbocycles. The van der Waals surface area contributed by atoms with E-state index in [1.807, 2.05) is 0 Å². The van der Waals surface area contributed by atoms with Crippen LogP contribution in [0.4, 0.5) is 0 Å². The van der Waals surface area contributed by atoms with Crippen LogP contribution in [0, 0.1) is 83.4 Å². The van der Waals surface area contributed by atoms with Gasteiger partial charge in [0.05, 0.1) is 13.2 Å². The summed E-state index contributed by atoms with van der Waals surface area (Å²) in [5.41, 5.74) is 0. The van der Waals surface area contributed by atoms with E-state index in [9.17, 15) is 4.79 Å². The molecule has 0 aliphatic heterocycles. The van der Waals surface area contributed by atoms with E-state index in [4.69, 9.17) is 21.4 Å². The highest BCUT2D eigenvalue weighted by molar-refractivity contribution is 5.89. The van der Waals surface area contributed by atoms with Gasteiger partial charge in [0.2, 0.25) is 0 Å². The number of aliphatic hydroxyl groups excluding tert-OH is 2. The maximum atomic E-state index is 11.3. The molecule has 24 heavy (non-hydrogen) atoms. The zero-order valence-corrected chi connectivity index (χ0v) is 12.4. The van der Waals surface area contributed by atoms with Gasteiger partial charge in [0, 0.05) is 5.92 Å². The fraction of sp³-hybridized carbons (Fsp3) is 0.211. The first-order valence-electron chi connectivity index (χ1n) is 6.21. The fourth-order valence-corrected chi connectivity index (χ4v) is 0.889.